The van der Waals surface area contributed by atoms with Crippen LogP contribution in [0.1, 0.15) is 19.4 Å². The van der Waals surface area contributed by atoms with Crippen LogP contribution < -0.4 is 14.4 Å². The number of amides is 2. The van der Waals surface area contributed by atoms with Gasteiger partial charge in [0.25, 0.3) is 10.0 Å². The Kier molecular flexibility index (Phi) is 10.5. The lowest BCUT2D eigenvalue weighted by atomic mass is 10.1. The van der Waals surface area contributed by atoms with Crippen molar-refractivity contribution in [2.45, 2.75) is 31.3 Å². The Labute approximate surface area is 243 Å². The molecule has 0 unspecified atom stereocenters. The zero-order valence-corrected chi connectivity index (χ0v) is 24.6. The highest BCUT2D eigenvalue weighted by molar-refractivity contribution is 7.92. The number of nitrogens with zero attached hydrogens (tertiary/aromatic N) is 2. The molecule has 1 atom stereocenters. The van der Waals surface area contributed by atoms with Crippen molar-refractivity contribution in [1.29, 1.82) is 0 Å². The first-order chi connectivity index (χ1) is 18.5. The molecule has 0 heterocycles. The monoisotopic (exact) mass is 611 g/mol. The van der Waals surface area contributed by atoms with Crippen LogP contribution in [-0.2, 0) is 26.2 Å². The molecule has 1 N–H and O–H groups in total. The standard InChI is InChI=1S/C27H28Cl3N3O5S/c1-4-31-27(35)18(2)32(16-19-5-14-24(29)25(30)15-19)26(34)17-33(21-8-6-20(28)7-9-21)39(36,37)23-12-10-22(38-3)11-13-23/h5-15,18H,4,16-17H2,1-3H3,(H,31,35)/t18-/m1/s1. The van der Waals surface area contributed by atoms with Crippen molar-refractivity contribution in [3.8, 4) is 5.75 Å². The Morgan fingerprint density at radius 1 is 0.949 bits per heavy atom. The number of nitrogens with one attached hydrogen (secondary N) is 1. The minimum atomic E-state index is -4.21. The second kappa shape index (κ2) is 13.4. The molecule has 0 radical (unpaired) electrons. The largest absolute Gasteiger partial charge is 0.497 e. The lowest BCUT2D eigenvalue weighted by molar-refractivity contribution is -0.139. The van der Waals surface area contributed by atoms with Crippen molar-refractivity contribution < 1.29 is 22.7 Å². The number of methoxy groups -OCH3 is 1. The Hall–Kier alpha value is -2.98. The average molecular weight is 613 g/mol. The van der Waals surface area contributed by atoms with Gasteiger partial charge in [0.15, 0.2) is 0 Å². The number of anilines is 1. The predicted octanol–water partition coefficient (Wildman–Crippen LogP) is 5.40. The van der Waals surface area contributed by atoms with E-state index in [2.05, 4.69) is 5.32 Å². The van der Waals surface area contributed by atoms with E-state index in [0.717, 1.165) is 4.31 Å². The van der Waals surface area contributed by atoms with E-state index in [9.17, 15) is 18.0 Å². The van der Waals surface area contributed by atoms with Gasteiger partial charge >= 0.3 is 0 Å². The van der Waals surface area contributed by atoms with E-state index in [4.69, 9.17) is 39.5 Å². The van der Waals surface area contributed by atoms with Crippen LogP contribution in [-0.4, -0.2) is 51.4 Å². The minimum absolute atomic E-state index is 0.00886. The summed E-state index contributed by atoms with van der Waals surface area (Å²) in [6, 6.07) is 15.9. The zero-order chi connectivity index (χ0) is 28.7. The number of benzene rings is 3. The van der Waals surface area contributed by atoms with E-state index in [1.807, 2.05) is 0 Å². The molecule has 0 aliphatic carbocycles. The van der Waals surface area contributed by atoms with Gasteiger partial charge < -0.3 is 15.0 Å². The van der Waals surface area contributed by atoms with Gasteiger partial charge in [-0.25, -0.2) is 8.42 Å². The van der Waals surface area contributed by atoms with Gasteiger partial charge in [-0.05, 0) is 80.1 Å². The highest BCUT2D eigenvalue weighted by atomic mass is 35.5. The molecule has 3 rings (SSSR count). The van der Waals surface area contributed by atoms with Crippen LogP contribution in [0.2, 0.25) is 15.1 Å². The van der Waals surface area contributed by atoms with Crippen LogP contribution in [0.5, 0.6) is 5.75 Å². The maximum Gasteiger partial charge on any atom is 0.264 e. The second-order valence-electron chi connectivity index (χ2n) is 8.50. The Balaban J connectivity index is 2.03. The molecule has 0 aromatic heterocycles. The molecule has 0 fully saturated rings. The molecule has 0 saturated carbocycles. The van der Waals surface area contributed by atoms with Crippen LogP contribution in [0.15, 0.2) is 71.6 Å². The normalized spacial score (nSPS) is 11.9. The fourth-order valence-corrected chi connectivity index (χ4v) is 5.61. The predicted molar refractivity (Wildman–Crippen MR) is 154 cm³/mol. The Morgan fingerprint density at radius 2 is 1.59 bits per heavy atom. The summed E-state index contributed by atoms with van der Waals surface area (Å²) in [4.78, 5) is 27.8. The van der Waals surface area contributed by atoms with Crippen molar-refractivity contribution in [2.75, 3.05) is 24.5 Å². The molecule has 8 nitrogen and oxygen atoms in total. The van der Waals surface area contributed by atoms with Gasteiger partial charge in [-0.2, -0.15) is 0 Å². The van der Waals surface area contributed by atoms with E-state index in [1.165, 1.54) is 60.5 Å². The van der Waals surface area contributed by atoms with Crippen molar-refractivity contribution in [1.82, 2.24) is 10.2 Å². The van der Waals surface area contributed by atoms with Gasteiger partial charge in [-0.1, -0.05) is 40.9 Å². The van der Waals surface area contributed by atoms with Crippen LogP contribution in [0.4, 0.5) is 5.69 Å². The number of rotatable bonds is 11. The fraction of sp³-hybridized carbons (Fsp3) is 0.259. The van der Waals surface area contributed by atoms with Crippen LogP contribution in [0.25, 0.3) is 0 Å². The SMILES string of the molecule is CCNC(=O)[C@@H](C)N(Cc1ccc(Cl)c(Cl)c1)C(=O)CN(c1ccc(Cl)cc1)S(=O)(=O)c1ccc(OC)cc1. The summed E-state index contributed by atoms with van der Waals surface area (Å²) in [5.74, 6) is -0.513. The number of carbonyl (C=O) groups is 2. The van der Waals surface area contributed by atoms with E-state index in [0.29, 0.717) is 27.9 Å². The molecular formula is C27H28Cl3N3O5S. The molecular weight excluding hydrogens is 585 g/mol. The molecule has 0 aliphatic heterocycles. The number of carbonyl (C=O) groups excluding carboxylic acids is 2. The summed E-state index contributed by atoms with van der Waals surface area (Å²) in [6.45, 7) is 3.11. The third-order valence-corrected chi connectivity index (χ3v) is 8.68. The summed E-state index contributed by atoms with van der Waals surface area (Å²) < 4.78 is 33.7. The van der Waals surface area contributed by atoms with Gasteiger partial charge in [-0.15, -0.1) is 0 Å². The summed E-state index contributed by atoms with van der Waals surface area (Å²) >= 11 is 18.3. The second-order valence-corrected chi connectivity index (χ2v) is 11.6. The first-order valence-electron chi connectivity index (χ1n) is 11.9. The molecule has 12 heteroatoms. The maximum absolute atomic E-state index is 13.8. The van der Waals surface area contributed by atoms with E-state index in [1.54, 1.807) is 32.0 Å². The number of halogens is 3. The lowest BCUT2D eigenvalue weighted by Crippen LogP contribution is -2.51. The molecule has 3 aromatic carbocycles. The third kappa shape index (κ3) is 7.57. The van der Waals surface area contributed by atoms with Gasteiger partial charge in [0.1, 0.15) is 18.3 Å². The van der Waals surface area contributed by atoms with Gasteiger partial charge in [-0.3, -0.25) is 13.9 Å². The van der Waals surface area contributed by atoms with E-state index < -0.39 is 28.5 Å². The number of sulfonamides is 1. The molecule has 0 bridgehead atoms. The van der Waals surface area contributed by atoms with Gasteiger partial charge in [0.05, 0.1) is 27.7 Å². The van der Waals surface area contributed by atoms with Crippen LogP contribution in [0.3, 0.4) is 0 Å². The first kappa shape index (κ1) is 30.6. The van der Waals surface area contributed by atoms with E-state index >= 15 is 0 Å². The number of hydrogen-bond acceptors (Lipinski definition) is 5. The molecule has 39 heavy (non-hydrogen) atoms. The van der Waals surface area contributed by atoms with Crippen LogP contribution >= 0.6 is 34.8 Å². The number of likely N-dealkylation sites (N-methyl/N-ethyl adjacent to an activating group) is 1. The van der Waals surface area contributed by atoms with Gasteiger partial charge in [0, 0.05) is 18.1 Å². The lowest BCUT2D eigenvalue weighted by Gasteiger charge is -2.32. The van der Waals surface area contributed by atoms with Crippen molar-refractivity contribution >= 4 is 62.3 Å². The maximum atomic E-state index is 13.8. The van der Waals surface area contributed by atoms with Crippen molar-refractivity contribution in [3.05, 3.63) is 87.4 Å². The van der Waals surface area contributed by atoms with Crippen molar-refractivity contribution in [2.24, 2.45) is 0 Å². The van der Waals surface area contributed by atoms with Crippen LogP contribution in [0, 0.1) is 0 Å². The smallest absolute Gasteiger partial charge is 0.264 e. The fourth-order valence-electron chi connectivity index (χ4n) is 3.75. The minimum Gasteiger partial charge on any atom is -0.497 e. The molecule has 0 aliphatic rings. The topological polar surface area (TPSA) is 96.0 Å². The zero-order valence-electron chi connectivity index (χ0n) is 21.5. The number of ether oxygens (including phenoxy) is 1. The molecule has 3 aromatic rings. The van der Waals surface area contributed by atoms with Crippen molar-refractivity contribution in [3.63, 3.8) is 0 Å². The number of hydrogen-bond donors (Lipinski definition) is 1. The summed E-state index contributed by atoms with van der Waals surface area (Å²) in [6.07, 6.45) is 0. The summed E-state index contributed by atoms with van der Waals surface area (Å²) in [7, 11) is -2.74. The van der Waals surface area contributed by atoms with E-state index in [-0.39, 0.29) is 28.1 Å². The Bertz CT molecular complexity index is 1420. The average Bonchev–Trinajstić information content (AvgIpc) is 2.92. The summed E-state index contributed by atoms with van der Waals surface area (Å²) in [5.41, 5.74) is 0.841. The highest BCUT2D eigenvalue weighted by Gasteiger charge is 2.32. The quantitative estimate of drug-likeness (QED) is 0.313. The molecule has 208 valence electrons. The first-order valence-corrected chi connectivity index (χ1v) is 14.5. The third-order valence-electron chi connectivity index (χ3n) is 5.90. The molecule has 0 spiro atoms. The molecule has 2 amide bonds. The van der Waals surface area contributed by atoms with Gasteiger partial charge in [0.2, 0.25) is 11.8 Å². The molecule has 0 saturated heterocycles. The highest BCUT2D eigenvalue weighted by Crippen LogP contribution is 2.28. The summed E-state index contributed by atoms with van der Waals surface area (Å²) in [5, 5.41) is 3.74. The Morgan fingerprint density at radius 3 is 2.15 bits per heavy atom.